The van der Waals surface area contributed by atoms with Crippen LogP contribution in [0.25, 0.3) is 0 Å². The number of aliphatic hydroxyl groups excluding tert-OH is 1. The van der Waals surface area contributed by atoms with Crippen molar-refractivity contribution in [1.82, 2.24) is 14.6 Å². The van der Waals surface area contributed by atoms with Gasteiger partial charge in [0.2, 0.25) is 0 Å². The SMILES string of the molecule is B[C@]1(Cl)[C@H](O)[C@@H](COP(=O)(N[C@@H](C)C(=O)OCC)Oc2ccccc2)O[C@H]1n1ccc(=O)[nH]c1=O. The van der Waals surface area contributed by atoms with E-state index >= 15 is 0 Å². The number of carbonyl (C=O) groups is 1. The molecular weight excluding hydrogens is 503 g/mol. The lowest BCUT2D eigenvalue weighted by molar-refractivity contribution is -0.144. The molecule has 0 amide bonds. The van der Waals surface area contributed by atoms with Crippen LogP contribution < -0.4 is 20.9 Å². The first-order chi connectivity index (χ1) is 16.5. The number of aromatic amines is 1. The first-order valence-corrected chi connectivity index (χ1v) is 12.7. The number of nitrogens with one attached hydrogen (secondary N) is 2. The van der Waals surface area contributed by atoms with Crippen LogP contribution in [0, 0.1) is 0 Å². The van der Waals surface area contributed by atoms with Crippen LogP contribution in [0.5, 0.6) is 5.75 Å². The molecule has 3 N–H and O–H groups in total. The Balaban J connectivity index is 1.80. The van der Waals surface area contributed by atoms with Gasteiger partial charge in [-0.3, -0.25) is 23.7 Å². The Bertz CT molecular complexity index is 1190. The van der Waals surface area contributed by atoms with E-state index in [2.05, 4.69) is 10.1 Å². The van der Waals surface area contributed by atoms with Gasteiger partial charge in [-0.2, -0.15) is 5.09 Å². The summed E-state index contributed by atoms with van der Waals surface area (Å²) in [5.74, 6) is -0.469. The summed E-state index contributed by atoms with van der Waals surface area (Å²) in [5, 5.41) is 13.3. The summed E-state index contributed by atoms with van der Waals surface area (Å²) in [6.45, 7) is 2.70. The van der Waals surface area contributed by atoms with Gasteiger partial charge in [-0.05, 0) is 26.0 Å². The second-order valence-corrected chi connectivity index (χ2v) is 10.4. The zero-order chi connectivity index (χ0) is 25.8. The van der Waals surface area contributed by atoms with E-state index in [1.807, 2.05) is 0 Å². The van der Waals surface area contributed by atoms with Crippen molar-refractivity contribution in [1.29, 1.82) is 0 Å². The number of hydrogen-bond donors (Lipinski definition) is 3. The highest BCUT2D eigenvalue weighted by atomic mass is 35.5. The molecule has 1 unspecified atom stereocenters. The average Bonchev–Trinajstić information content (AvgIpc) is 3.02. The number of nitrogens with zero attached hydrogens (tertiary/aromatic N) is 1. The number of halogens is 1. The van der Waals surface area contributed by atoms with Gasteiger partial charge in [-0.15, -0.1) is 11.6 Å². The molecule has 1 aromatic carbocycles. The highest BCUT2D eigenvalue weighted by Gasteiger charge is 2.53. The lowest BCUT2D eigenvalue weighted by Gasteiger charge is -2.26. The molecule has 35 heavy (non-hydrogen) atoms. The molecule has 0 radical (unpaired) electrons. The number of benzene rings is 1. The molecule has 2 aromatic rings. The lowest BCUT2D eigenvalue weighted by Crippen LogP contribution is -2.45. The average molecular weight is 530 g/mol. The minimum atomic E-state index is -4.20. The highest BCUT2D eigenvalue weighted by molar-refractivity contribution is 7.52. The molecular formula is C20H26BClN3O9P. The van der Waals surface area contributed by atoms with Gasteiger partial charge in [-0.25, -0.2) is 9.36 Å². The van der Waals surface area contributed by atoms with Crippen LogP contribution >= 0.6 is 19.3 Å². The Morgan fingerprint density at radius 3 is 2.69 bits per heavy atom. The Kier molecular flexibility index (Phi) is 8.63. The molecule has 6 atom stereocenters. The molecule has 1 aliphatic heterocycles. The third kappa shape index (κ3) is 6.43. The van der Waals surface area contributed by atoms with Crippen molar-refractivity contribution in [3.8, 4) is 5.75 Å². The van der Waals surface area contributed by atoms with Crippen LogP contribution in [0.3, 0.4) is 0 Å². The molecule has 3 rings (SSSR count). The molecule has 0 aliphatic carbocycles. The van der Waals surface area contributed by atoms with Crippen molar-refractivity contribution >= 4 is 33.2 Å². The normalized spacial score (nSPS) is 26.6. The molecule has 2 heterocycles. The van der Waals surface area contributed by atoms with Gasteiger partial charge < -0.3 is 19.1 Å². The van der Waals surface area contributed by atoms with E-state index in [0.29, 0.717) is 0 Å². The van der Waals surface area contributed by atoms with Gasteiger partial charge in [0.05, 0.1) is 24.1 Å². The van der Waals surface area contributed by atoms with Crippen LogP contribution in [-0.4, -0.2) is 64.7 Å². The van der Waals surface area contributed by atoms with Gasteiger partial charge in [0.1, 0.15) is 25.7 Å². The monoisotopic (exact) mass is 529 g/mol. The van der Waals surface area contributed by atoms with E-state index in [-0.39, 0.29) is 12.4 Å². The van der Waals surface area contributed by atoms with Crippen molar-refractivity contribution in [2.24, 2.45) is 0 Å². The van der Waals surface area contributed by atoms with Crippen molar-refractivity contribution < 1.29 is 33.0 Å². The second-order valence-electron chi connectivity index (χ2n) is 7.94. The molecule has 15 heteroatoms. The summed E-state index contributed by atoms with van der Waals surface area (Å²) < 4.78 is 34.8. The zero-order valence-corrected chi connectivity index (χ0v) is 20.9. The van der Waals surface area contributed by atoms with Crippen LogP contribution in [0.15, 0.2) is 52.2 Å². The number of aromatic nitrogens is 2. The molecule has 0 saturated carbocycles. The zero-order valence-electron chi connectivity index (χ0n) is 19.3. The smallest absolute Gasteiger partial charge is 0.459 e. The molecule has 1 aromatic heterocycles. The summed E-state index contributed by atoms with van der Waals surface area (Å²) in [7, 11) is -2.76. The number of H-pyrrole nitrogens is 1. The van der Waals surface area contributed by atoms with E-state index in [4.69, 9.17) is 30.1 Å². The number of esters is 1. The highest BCUT2D eigenvalue weighted by Crippen LogP contribution is 2.47. The number of carbonyl (C=O) groups excluding carboxylic acids is 1. The van der Waals surface area contributed by atoms with E-state index < -0.39 is 60.8 Å². The maximum atomic E-state index is 13.5. The summed E-state index contributed by atoms with van der Waals surface area (Å²) in [5.41, 5.74) is -1.40. The van der Waals surface area contributed by atoms with Crippen molar-refractivity contribution in [3.63, 3.8) is 0 Å². The van der Waals surface area contributed by atoms with Crippen LogP contribution in [0.4, 0.5) is 0 Å². The third-order valence-corrected chi connectivity index (χ3v) is 7.24. The maximum Gasteiger partial charge on any atom is 0.459 e. The molecule has 0 spiro atoms. The number of rotatable bonds is 10. The van der Waals surface area contributed by atoms with Gasteiger partial charge in [-0.1, -0.05) is 18.2 Å². The number of para-hydroxylation sites is 1. The first-order valence-electron chi connectivity index (χ1n) is 10.7. The number of hydrogen-bond acceptors (Lipinski definition) is 9. The topological polar surface area (TPSA) is 158 Å². The van der Waals surface area contributed by atoms with E-state index in [1.54, 1.807) is 37.3 Å². The van der Waals surface area contributed by atoms with E-state index in [0.717, 1.165) is 10.6 Å². The fourth-order valence-corrected chi connectivity index (χ4v) is 5.20. The number of alkyl halides is 1. The third-order valence-electron chi connectivity index (χ3n) is 5.19. The predicted octanol–water partition coefficient (Wildman–Crippen LogP) is 0.108. The first kappa shape index (κ1) is 27.2. The molecule has 1 fully saturated rings. The summed E-state index contributed by atoms with van der Waals surface area (Å²) in [6, 6.07) is 8.19. The molecule has 1 saturated heterocycles. The van der Waals surface area contributed by atoms with Crippen LogP contribution in [-0.2, 0) is 23.4 Å². The number of aliphatic hydroxyl groups is 1. The Morgan fingerprint density at radius 1 is 1.37 bits per heavy atom. The standard InChI is InChI=1S/C20H26BClN3O9P/c1-3-31-17(28)12(2)24-35(30,34-13-7-5-4-6-8-13)32-11-14-16(27)20(21,22)18(33-14)25-10-9-15(26)23-19(25)29/h4-10,12,14,16,18,27H,3,11,21H2,1-2H3,(H,24,30)(H,23,26,29)/t12-,14+,16+,18+,20-,35?/m0/s1. The van der Waals surface area contributed by atoms with Crippen LogP contribution in [0.2, 0.25) is 0 Å². The fraction of sp³-hybridized carbons (Fsp3) is 0.450. The predicted molar refractivity (Wildman–Crippen MR) is 128 cm³/mol. The summed E-state index contributed by atoms with van der Waals surface area (Å²) >= 11 is 6.51. The number of ether oxygens (including phenoxy) is 2. The van der Waals surface area contributed by atoms with Crippen molar-refractivity contribution in [2.75, 3.05) is 13.2 Å². The summed E-state index contributed by atoms with van der Waals surface area (Å²) in [4.78, 5) is 37.8. The molecule has 0 bridgehead atoms. The van der Waals surface area contributed by atoms with Gasteiger partial charge in [0, 0.05) is 12.3 Å². The Morgan fingerprint density at radius 2 is 2.06 bits per heavy atom. The van der Waals surface area contributed by atoms with Crippen molar-refractivity contribution in [3.05, 3.63) is 63.4 Å². The quantitative estimate of drug-likeness (QED) is 0.167. The van der Waals surface area contributed by atoms with Crippen molar-refractivity contribution in [2.45, 2.75) is 43.1 Å². The molecule has 1 aliphatic rings. The van der Waals surface area contributed by atoms with Gasteiger partial charge >= 0.3 is 19.4 Å². The lowest BCUT2D eigenvalue weighted by atomic mass is 9.79. The Hall–Kier alpha value is -2.41. The fourth-order valence-electron chi connectivity index (χ4n) is 3.40. The van der Waals surface area contributed by atoms with E-state index in [1.165, 1.54) is 21.0 Å². The maximum absolute atomic E-state index is 13.5. The minimum Gasteiger partial charge on any atom is -0.465 e. The van der Waals surface area contributed by atoms with E-state index in [9.17, 15) is 24.1 Å². The van der Waals surface area contributed by atoms with Gasteiger partial charge in [0.25, 0.3) is 5.56 Å². The second kappa shape index (κ2) is 11.1. The van der Waals surface area contributed by atoms with Gasteiger partial charge in [0.15, 0.2) is 6.23 Å². The molecule has 12 nitrogen and oxygen atoms in total. The minimum absolute atomic E-state index is 0.122. The molecule has 190 valence electrons. The summed E-state index contributed by atoms with van der Waals surface area (Å²) in [6.07, 6.45) is -2.51. The Labute approximate surface area is 206 Å². The van der Waals surface area contributed by atoms with Crippen LogP contribution in [0.1, 0.15) is 20.1 Å². The largest absolute Gasteiger partial charge is 0.465 e.